The van der Waals surface area contributed by atoms with Gasteiger partial charge in [-0.15, -0.1) is 0 Å². The minimum Gasteiger partial charge on any atom is -0.338 e. The molecule has 2 amide bonds. The van der Waals surface area contributed by atoms with Crippen molar-refractivity contribution in [2.75, 3.05) is 15.5 Å². The van der Waals surface area contributed by atoms with Gasteiger partial charge in [0.1, 0.15) is 5.82 Å². The molecular weight excluding hydrogens is 474 g/mol. The maximum atomic E-state index is 13.7. The quantitative estimate of drug-likeness (QED) is 0.304. The molecule has 0 spiro atoms. The van der Waals surface area contributed by atoms with E-state index in [9.17, 15) is 9.59 Å². The Balaban J connectivity index is 1.24. The topological polar surface area (TPSA) is 87.2 Å². The fourth-order valence-electron chi connectivity index (χ4n) is 4.53. The van der Waals surface area contributed by atoms with Crippen molar-refractivity contribution >= 4 is 34.7 Å². The number of aromatic nitrogens is 2. The first kappa shape index (κ1) is 23.1. The van der Waals surface area contributed by atoms with Gasteiger partial charge in [0.15, 0.2) is 0 Å². The van der Waals surface area contributed by atoms with Crippen LogP contribution in [0.5, 0.6) is 0 Å². The van der Waals surface area contributed by atoms with E-state index in [1.54, 1.807) is 47.6 Å². The molecule has 0 aliphatic carbocycles. The number of benzene rings is 3. The van der Waals surface area contributed by atoms with Crippen LogP contribution in [0.2, 0.25) is 0 Å². The zero-order valence-electron chi connectivity index (χ0n) is 20.3. The van der Waals surface area contributed by atoms with E-state index < -0.39 is 0 Å². The van der Waals surface area contributed by atoms with E-state index in [-0.39, 0.29) is 11.8 Å². The molecule has 5 aromatic rings. The molecule has 0 bridgehead atoms. The average molecular weight is 498 g/mol. The molecule has 1 aliphatic rings. The van der Waals surface area contributed by atoms with Crippen LogP contribution in [-0.4, -0.2) is 21.8 Å². The van der Waals surface area contributed by atoms with Crippen LogP contribution in [0, 0.1) is 0 Å². The van der Waals surface area contributed by atoms with Gasteiger partial charge < -0.3 is 15.5 Å². The Labute approximate surface area is 219 Å². The SMILES string of the molecule is O=C(Nc1ccc(C(=O)N2Cc3cccnc3Nc3ccccc32)cc1)c1ccccc1-c1ccccn1. The Hall–Kier alpha value is -5.30. The molecule has 6 rings (SSSR count). The van der Waals surface area contributed by atoms with Gasteiger partial charge >= 0.3 is 0 Å². The molecule has 38 heavy (non-hydrogen) atoms. The molecule has 0 saturated heterocycles. The molecule has 2 N–H and O–H groups in total. The third kappa shape index (κ3) is 4.49. The lowest BCUT2D eigenvalue weighted by atomic mass is 10.0. The Kier molecular flexibility index (Phi) is 6.08. The summed E-state index contributed by atoms with van der Waals surface area (Å²) in [5, 5.41) is 6.29. The van der Waals surface area contributed by atoms with E-state index >= 15 is 0 Å². The van der Waals surface area contributed by atoms with E-state index in [2.05, 4.69) is 20.6 Å². The fourth-order valence-corrected chi connectivity index (χ4v) is 4.53. The second kappa shape index (κ2) is 9.99. The summed E-state index contributed by atoms with van der Waals surface area (Å²) in [6.07, 6.45) is 3.43. The van der Waals surface area contributed by atoms with Crippen molar-refractivity contribution in [1.82, 2.24) is 9.97 Å². The van der Waals surface area contributed by atoms with Crippen LogP contribution in [0.4, 0.5) is 22.9 Å². The van der Waals surface area contributed by atoms with E-state index in [1.165, 1.54) is 0 Å². The number of anilines is 4. The van der Waals surface area contributed by atoms with E-state index in [0.717, 1.165) is 34.0 Å². The van der Waals surface area contributed by atoms with Gasteiger partial charge in [-0.3, -0.25) is 14.6 Å². The number of carbonyl (C=O) groups is 2. The zero-order valence-corrected chi connectivity index (χ0v) is 20.3. The van der Waals surface area contributed by atoms with E-state index in [1.807, 2.05) is 72.8 Å². The molecule has 0 atom stereocenters. The van der Waals surface area contributed by atoms with Gasteiger partial charge in [-0.2, -0.15) is 0 Å². The summed E-state index contributed by atoms with van der Waals surface area (Å²) in [6.45, 7) is 0.384. The summed E-state index contributed by atoms with van der Waals surface area (Å²) in [5.74, 6) is 0.343. The lowest BCUT2D eigenvalue weighted by Crippen LogP contribution is -2.30. The third-order valence-electron chi connectivity index (χ3n) is 6.42. The van der Waals surface area contributed by atoms with Crippen LogP contribution in [0.15, 0.2) is 116 Å². The predicted molar refractivity (Wildman–Crippen MR) is 149 cm³/mol. The number of para-hydroxylation sites is 2. The lowest BCUT2D eigenvalue weighted by molar-refractivity contribution is 0.0984. The minimum absolute atomic E-state index is 0.144. The van der Waals surface area contributed by atoms with Crippen molar-refractivity contribution in [2.24, 2.45) is 0 Å². The number of hydrogen-bond acceptors (Lipinski definition) is 5. The maximum absolute atomic E-state index is 13.7. The molecule has 0 saturated carbocycles. The first-order chi connectivity index (χ1) is 18.7. The summed E-state index contributed by atoms with van der Waals surface area (Å²) < 4.78 is 0. The monoisotopic (exact) mass is 497 g/mol. The molecule has 7 heteroatoms. The second-order valence-corrected chi connectivity index (χ2v) is 8.84. The van der Waals surface area contributed by atoms with Crippen molar-refractivity contribution in [1.29, 1.82) is 0 Å². The summed E-state index contributed by atoms with van der Waals surface area (Å²) in [6, 6.07) is 31.4. The fraction of sp³-hybridized carbons (Fsp3) is 0.0323. The average Bonchev–Trinajstić information content (AvgIpc) is 3.14. The molecule has 3 heterocycles. The maximum Gasteiger partial charge on any atom is 0.258 e. The number of fused-ring (bicyclic) bond motifs is 2. The molecule has 2 aromatic heterocycles. The van der Waals surface area contributed by atoms with Crippen molar-refractivity contribution in [2.45, 2.75) is 6.54 Å². The largest absolute Gasteiger partial charge is 0.338 e. The zero-order chi connectivity index (χ0) is 25.9. The molecule has 0 radical (unpaired) electrons. The first-order valence-electron chi connectivity index (χ1n) is 12.2. The number of rotatable bonds is 4. The third-order valence-corrected chi connectivity index (χ3v) is 6.42. The van der Waals surface area contributed by atoms with Crippen molar-refractivity contribution < 1.29 is 9.59 Å². The molecule has 3 aromatic carbocycles. The van der Waals surface area contributed by atoms with Crippen LogP contribution < -0.4 is 15.5 Å². The van der Waals surface area contributed by atoms with Gasteiger partial charge in [-0.25, -0.2) is 4.98 Å². The highest BCUT2D eigenvalue weighted by molar-refractivity contribution is 6.10. The first-order valence-corrected chi connectivity index (χ1v) is 12.2. The Morgan fingerprint density at radius 3 is 2.37 bits per heavy atom. The van der Waals surface area contributed by atoms with Crippen molar-refractivity contribution in [3.63, 3.8) is 0 Å². The molecule has 1 aliphatic heterocycles. The number of hydrogen-bond donors (Lipinski definition) is 2. The van der Waals surface area contributed by atoms with Gasteiger partial charge in [-0.05, 0) is 60.7 Å². The summed E-state index contributed by atoms with van der Waals surface area (Å²) >= 11 is 0. The molecule has 0 unspecified atom stereocenters. The number of pyridine rings is 2. The van der Waals surface area contributed by atoms with Gasteiger partial charge in [0.2, 0.25) is 0 Å². The van der Waals surface area contributed by atoms with Gasteiger partial charge in [0, 0.05) is 40.3 Å². The summed E-state index contributed by atoms with van der Waals surface area (Å²) in [7, 11) is 0. The van der Waals surface area contributed by atoms with Gasteiger partial charge in [-0.1, -0.05) is 42.5 Å². The van der Waals surface area contributed by atoms with E-state index in [4.69, 9.17) is 0 Å². The minimum atomic E-state index is -0.248. The van der Waals surface area contributed by atoms with Crippen LogP contribution in [0.1, 0.15) is 26.3 Å². The smallest absolute Gasteiger partial charge is 0.258 e. The number of carbonyl (C=O) groups excluding carboxylic acids is 2. The number of amides is 2. The standard InChI is InChI=1S/C31H23N5O2/c37-30(25-10-2-1-9-24(25)26-11-5-6-18-32-26)34-23-16-14-21(15-17-23)31(38)36-20-22-8-7-19-33-29(22)35-27-12-3-4-13-28(27)36/h1-19H,20H2,(H,33,35)(H,34,37). The van der Waals surface area contributed by atoms with Crippen LogP contribution in [-0.2, 0) is 6.54 Å². The summed E-state index contributed by atoms with van der Waals surface area (Å²) in [4.78, 5) is 37.4. The molecule has 184 valence electrons. The molecular formula is C31H23N5O2. The lowest BCUT2D eigenvalue weighted by Gasteiger charge is -2.23. The normalized spacial score (nSPS) is 11.9. The highest BCUT2D eigenvalue weighted by Gasteiger charge is 2.25. The predicted octanol–water partition coefficient (Wildman–Crippen LogP) is 6.30. The highest BCUT2D eigenvalue weighted by Crippen LogP contribution is 2.35. The van der Waals surface area contributed by atoms with Crippen LogP contribution >= 0.6 is 0 Å². The van der Waals surface area contributed by atoms with Gasteiger partial charge in [0.05, 0.1) is 23.6 Å². The van der Waals surface area contributed by atoms with Crippen molar-refractivity contribution in [3.05, 3.63) is 132 Å². The van der Waals surface area contributed by atoms with E-state index in [0.29, 0.717) is 23.4 Å². The molecule has 0 fully saturated rings. The number of nitrogens with one attached hydrogen (secondary N) is 2. The second-order valence-electron chi connectivity index (χ2n) is 8.84. The van der Waals surface area contributed by atoms with Crippen LogP contribution in [0.3, 0.4) is 0 Å². The van der Waals surface area contributed by atoms with Crippen LogP contribution in [0.25, 0.3) is 11.3 Å². The Bertz CT molecular complexity index is 1630. The van der Waals surface area contributed by atoms with Crippen molar-refractivity contribution in [3.8, 4) is 11.3 Å². The Morgan fingerprint density at radius 2 is 1.53 bits per heavy atom. The molecule has 7 nitrogen and oxygen atoms in total. The highest BCUT2D eigenvalue weighted by atomic mass is 16.2. The van der Waals surface area contributed by atoms with Gasteiger partial charge in [0.25, 0.3) is 11.8 Å². The Morgan fingerprint density at radius 1 is 0.763 bits per heavy atom. The number of nitrogens with zero attached hydrogens (tertiary/aromatic N) is 3. The summed E-state index contributed by atoms with van der Waals surface area (Å²) in [5.41, 5.74) is 5.62.